The van der Waals surface area contributed by atoms with Crippen molar-refractivity contribution in [1.29, 1.82) is 0 Å². The fourth-order valence-corrected chi connectivity index (χ4v) is 3.73. The highest BCUT2D eigenvalue weighted by atomic mass is 35.5. The molecule has 30 heavy (non-hydrogen) atoms. The van der Waals surface area contributed by atoms with Crippen LogP contribution in [-0.4, -0.2) is 25.5 Å². The molecule has 0 heterocycles. The van der Waals surface area contributed by atoms with Crippen molar-refractivity contribution in [3.63, 3.8) is 0 Å². The van der Waals surface area contributed by atoms with Crippen molar-refractivity contribution in [3.05, 3.63) is 69.7 Å². The van der Waals surface area contributed by atoms with Gasteiger partial charge >= 0.3 is 0 Å². The van der Waals surface area contributed by atoms with Crippen molar-refractivity contribution >= 4 is 35.6 Å². The minimum atomic E-state index is 0.765. The molecule has 0 aromatic heterocycles. The van der Waals surface area contributed by atoms with E-state index in [1.807, 2.05) is 61.0 Å². The van der Waals surface area contributed by atoms with E-state index in [9.17, 15) is 0 Å². The molecule has 4 heteroatoms. The van der Waals surface area contributed by atoms with Crippen LogP contribution >= 0.6 is 23.2 Å². The molecule has 0 saturated heterocycles. The summed E-state index contributed by atoms with van der Waals surface area (Å²) in [7, 11) is 0. The van der Waals surface area contributed by atoms with Gasteiger partial charge in [0.2, 0.25) is 0 Å². The van der Waals surface area contributed by atoms with Gasteiger partial charge in [0, 0.05) is 35.6 Å². The van der Waals surface area contributed by atoms with Crippen LogP contribution in [0.4, 0.5) is 0 Å². The average molecular weight is 445 g/mol. The molecule has 0 saturated carbocycles. The van der Waals surface area contributed by atoms with Gasteiger partial charge in [-0.15, -0.1) is 0 Å². The predicted octanol–water partition coefficient (Wildman–Crippen LogP) is 8.43. The van der Waals surface area contributed by atoms with Crippen molar-refractivity contribution in [2.24, 2.45) is 9.98 Å². The molecule has 0 aliphatic rings. The maximum Gasteiger partial charge on any atom is 0.0412 e. The molecule has 0 bridgehead atoms. The van der Waals surface area contributed by atoms with Crippen molar-refractivity contribution in [1.82, 2.24) is 0 Å². The highest BCUT2D eigenvalue weighted by Gasteiger charge is 1.94. The lowest BCUT2D eigenvalue weighted by Crippen LogP contribution is -1.87. The Kier molecular flexibility index (Phi) is 13.2. The zero-order valence-corrected chi connectivity index (χ0v) is 19.4. The number of rotatable bonds is 15. The van der Waals surface area contributed by atoms with Crippen molar-refractivity contribution < 1.29 is 0 Å². The second-order valence-corrected chi connectivity index (χ2v) is 8.59. The quantitative estimate of drug-likeness (QED) is 0.194. The summed E-state index contributed by atoms with van der Waals surface area (Å²) in [5, 5.41) is 1.53. The molecule has 0 radical (unpaired) electrons. The molecule has 2 nitrogen and oxygen atoms in total. The Bertz CT molecular complexity index is 706. The van der Waals surface area contributed by atoms with Gasteiger partial charge in [0.25, 0.3) is 0 Å². The van der Waals surface area contributed by atoms with E-state index < -0.39 is 0 Å². The van der Waals surface area contributed by atoms with Gasteiger partial charge in [0.05, 0.1) is 0 Å². The van der Waals surface area contributed by atoms with Crippen LogP contribution in [0.2, 0.25) is 10.0 Å². The molecule has 162 valence electrons. The van der Waals surface area contributed by atoms with Gasteiger partial charge in [-0.3, -0.25) is 9.98 Å². The smallest absolute Gasteiger partial charge is 0.0412 e. The van der Waals surface area contributed by atoms with Gasteiger partial charge < -0.3 is 0 Å². The summed E-state index contributed by atoms with van der Waals surface area (Å²) in [6.07, 6.45) is 16.8. The normalized spacial score (nSPS) is 11.7. The molecule has 0 N–H and O–H groups in total. The summed E-state index contributed by atoms with van der Waals surface area (Å²) in [4.78, 5) is 8.99. The lowest BCUT2D eigenvalue weighted by Gasteiger charge is -2.02. The van der Waals surface area contributed by atoms with Crippen molar-refractivity contribution in [3.8, 4) is 0 Å². The van der Waals surface area contributed by atoms with E-state index >= 15 is 0 Å². The zero-order chi connectivity index (χ0) is 21.3. The molecule has 0 aliphatic heterocycles. The van der Waals surface area contributed by atoms with E-state index in [1.54, 1.807) is 0 Å². The Morgan fingerprint density at radius 2 is 0.900 bits per heavy atom. The van der Waals surface area contributed by atoms with Crippen molar-refractivity contribution in [2.75, 3.05) is 13.1 Å². The van der Waals surface area contributed by atoms with E-state index in [-0.39, 0.29) is 0 Å². The summed E-state index contributed by atoms with van der Waals surface area (Å²) >= 11 is 11.9. The minimum absolute atomic E-state index is 0.765. The Balaban J connectivity index is 1.34. The molecule has 0 spiro atoms. The molecule has 0 unspecified atom stereocenters. The third-order valence-electron chi connectivity index (χ3n) is 5.00. The monoisotopic (exact) mass is 444 g/mol. The second kappa shape index (κ2) is 16.1. The highest BCUT2D eigenvalue weighted by Crippen LogP contribution is 2.12. The van der Waals surface area contributed by atoms with E-state index in [1.165, 1.54) is 64.2 Å². The van der Waals surface area contributed by atoms with E-state index in [0.717, 1.165) is 34.3 Å². The minimum Gasteiger partial charge on any atom is -0.293 e. The fourth-order valence-electron chi connectivity index (χ4n) is 3.33. The number of halogens is 2. The van der Waals surface area contributed by atoms with Crippen LogP contribution in [-0.2, 0) is 0 Å². The Morgan fingerprint density at radius 1 is 0.533 bits per heavy atom. The van der Waals surface area contributed by atoms with Gasteiger partial charge in [-0.1, -0.05) is 98.8 Å². The molecular formula is C26H34Cl2N2. The molecule has 2 aromatic rings. The Labute approximate surface area is 192 Å². The number of nitrogens with zero attached hydrogens (tertiary/aromatic N) is 2. The maximum atomic E-state index is 5.97. The first kappa shape index (κ1) is 24.6. The summed E-state index contributed by atoms with van der Waals surface area (Å²) in [5.41, 5.74) is 2.16. The topological polar surface area (TPSA) is 24.7 Å². The SMILES string of the molecule is Clc1cccc(C=NCCCCCCCCCCCCN=Cc2cccc(Cl)c2)c1. The average Bonchev–Trinajstić information content (AvgIpc) is 2.73. The predicted molar refractivity (Wildman–Crippen MR) is 134 cm³/mol. The molecule has 0 amide bonds. The van der Waals surface area contributed by atoms with Crippen LogP contribution in [0.15, 0.2) is 58.5 Å². The summed E-state index contributed by atoms with van der Waals surface area (Å²) in [6.45, 7) is 1.82. The van der Waals surface area contributed by atoms with Gasteiger partial charge in [0.15, 0.2) is 0 Å². The van der Waals surface area contributed by atoms with E-state index in [2.05, 4.69) is 9.98 Å². The lowest BCUT2D eigenvalue weighted by atomic mass is 10.1. The first-order valence-corrected chi connectivity index (χ1v) is 12.0. The summed E-state index contributed by atoms with van der Waals surface area (Å²) < 4.78 is 0. The number of hydrogen-bond acceptors (Lipinski definition) is 2. The fraction of sp³-hybridized carbons (Fsp3) is 0.462. The van der Waals surface area contributed by atoms with Gasteiger partial charge in [-0.05, 0) is 48.2 Å². The number of hydrogen-bond donors (Lipinski definition) is 0. The second-order valence-electron chi connectivity index (χ2n) is 7.72. The first-order chi connectivity index (χ1) is 14.7. The molecule has 2 rings (SSSR count). The molecule has 0 fully saturated rings. The van der Waals surface area contributed by atoms with E-state index in [0.29, 0.717) is 0 Å². The molecule has 2 aromatic carbocycles. The van der Waals surface area contributed by atoms with Crippen LogP contribution in [0.3, 0.4) is 0 Å². The van der Waals surface area contributed by atoms with Gasteiger partial charge in [-0.25, -0.2) is 0 Å². The molecule has 0 atom stereocenters. The van der Waals surface area contributed by atoms with Crippen LogP contribution in [0, 0.1) is 0 Å². The molecule has 0 aliphatic carbocycles. The third kappa shape index (κ3) is 12.1. The first-order valence-electron chi connectivity index (χ1n) is 11.2. The number of unbranched alkanes of at least 4 members (excludes halogenated alkanes) is 9. The zero-order valence-electron chi connectivity index (χ0n) is 17.9. The van der Waals surface area contributed by atoms with Crippen LogP contribution in [0.5, 0.6) is 0 Å². The molecular weight excluding hydrogens is 411 g/mol. The lowest BCUT2D eigenvalue weighted by molar-refractivity contribution is 0.555. The third-order valence-corrected chi connectivity index (χ3v) is 5.47. The number of aliphatic imine (C=N–C) groups is 2. The largest absolute Gasteiger partial charge is 0.293 e. The van der Waals surface area contributed by atoms with Gasteiger partial charge in [0.1, 0.15) is 0 Å². The maximum absolute atomic E-state index is 5.97. The van der Waals surface area contributed by atoms with Crippen LogP contribution in [0.25, 0.3) is 0 Å². The van der Waals surface area contributed by atoms with Crippen LogP contribution in [0.1, 0.15) is 75.3 Å². The van der Waals surface area contributed by atoms with Crippen LogP contribution < -0.4 is 0 Å². The highest BCUT2D eigenvalue weighted by molar-refractivity contribution is 6.31. The summed E-state index contributed by atoms with van der Waals surface area (Å²) in [5.74, 6) is 0. The Morgan fingerprint density at radius 3 is 1.27 bits per heavy atom. The Hall–Kier alpha value is -1.64. The van der Waals surface area contributed by atoms with Crippen molar-refractivity contribution in [2.45, 2.75) is 64.2 Å². The standard InChI is InChI=1S/C26H34Cl2N2/c27-25-15-11-13-23(19-25)21-29-17-9-7-5-3-1-2-4-6-8-10-18-30-22-24-14-12-16-26(28)20-24/h11-16,19-22H,1-10,17-18H2. The number of benzene rings is 2. The van der Waals surface area contributed by atoms with Gasteiger partial charge in [-0.2, -0.15) is 0 Å². The van der Waals surface area contributed by atoms with E-state index in [4.69, 9.17) is 23.2 Å². The summed E-state index contributed by atoms with van der Waals surface area (Å²) in [6, 6.07) is 15.6.